The molecule has 1 heterocycles. The molecule has 0 amide bonds. The summed E-state index contributed by atoms with van der Waals surface area (Å²) in [5.74, 6) is 1.17. The standard InChI is InChI=1S/C13H17N3/c1-9(14-2)13-15-11-5-3-4-6-12(11)16(13)10-7-8-10/h3-6,9-10,14H,7-8H2,1-2H3. The van der Waals surface area contributed by atoms with Gasteiger partial charge in [-0.05, 0) is 38.9 Å². The summed E-state index contributed by atoms with van der Waals surface area (Å²) in [5, 5.41) is 3.28. The Bertz CT molecular complexity index is 511. The van der Waals surface area contributed by atoms with Gasteiger partial charge in [-0.2, -0.15) is 0 Å². The number of imidazole rings is 1. The lowest BCUT2D eigenvalue weighted by molar-refractivity contribution is 0.565. The first-order valence-electron chi connectivity index (χ1n) is 5.95. The van der Waals surface area contributed by atoms with E-state index in [-0.39, 0.29) is 0 Å². The van der Waals surface area contributed by atoms with Crippen molar-refractivity contribution in [2.75, 3.05) is 7.05 Å². The molecule has 3 rings (SSSR count). The van der Waals surface area contributed by atoms with E-state index in [2.05, 4.69) is 41.1 Å². The van der Waals surface area contributed by atoms with E-state index in [9.17, 15) is 0 Å². The summed E-state index contributed by atoms with van der Waals surface area (Å²) in [6, 6.07) is 9.41. The van der Waals surface area contributed by atoms with Gasteiger partial charge in [0.2, 0.25) is 0 Å². The van der Waals surface area contributed by atoms with Gasteiger partial charge in [0.15, 0.2) is 0 Å². The quantitative estimate of drug-likeness (QED) is 0.853. The molecule has 1 unspecified atom stereocenters. The van der Waals surface area contributed by atoms with Crippen LogP contribution in [0.4, 0.5) is 0 Å². The lowest BCUT2D eigenvalue weighted by atomic mass is 10.3. The Balaban J connectivity index is 2.22. The van der Waals surface area contributed by atoms with Crippen molar-refractivity contribution in [3.05, 3.63) is 30.1 Å². The minimum atomic E-state index is 0.313. The first-order chi connectivity index (χ1) is 7.81. The van der Waals surface area contributed by atoms with Gasteiger partial charge in [-0.15, -0.1) is 0 Å². The van der Waals surface area contributed by atoms with E-state index in [0.29, 0.717) is 12.1 Å². The van der Waals surface area contributed by atoms with Gasteiger partial charge < -0.3 is 9.88 Å². The summed E-state index contributed by atoms with van der Waals surface area (Å²) in [5.41, 5.74) is 2.40. The highest BCUT2D eigenvalue weighted by Crippen LogP contribution is 2.39. The van der Waals surface area contributed by atoms with Gasteiger partial charge in [-0.25, -0.2) is 4.98 Å². The molecule has 0 bridgehead atoms. The molecule has 1 aromatic carbocycles. The Morgan fingerprint density at radius 1 is 1.38 bits per heavy atom. The van der Waals surface area contributed by atoms with Crippen molar-refractivity contribution in [2.45, 2.75) is 31.8 Å². The van der Waals surface area contributed by atoms with Crippen molar-refractivity contribution in [1.29, 1.82) is 0 Å². The van der Waals surface area contributed by atoms with Crippen LogP contribution in [0.1, 0.15) is 37.7 Å². The van der Waals surface area contributed by atoms with Crippen molar-refractivity contribution in [1.82, 2.24) is 14.9 Å². The predicted octanol–water partition coefficient (Wildman–Crippen LogP) is 2.65. The van der Waals surface area contributed by atoms with E-state index in [0.717, 1.165) is 5.52 Å². The van der Waals surface area contributed by atoms with E-state index < -0.39 is 0 Å². The maximum Gasteiger partial charge on any atom is 0.127 e. The molecule has 3 nitrogen and oxygen atoms in total. The van der Waals surface area contributed by atoms with Crippen LogP contribution in [0.25, 0.3) is 11.0 Å². The molecule has 84 valence electrons. The van der Waals surface area contributed by atoms with Gasteiger partial charge in [-0.1, -0.05) is 12.1 Å². The molecule has 0 saturated heterocycles. The minimum absolute atomic E-state index is 0.313. The monoisotopic (exact) mass is 215 g/mol. The summed E-state index contributed by atoms with van der Waals surface area (Å²) < 4.78 is 2.41. The molecule has 1 fully saturated rings. The largest absolute Gasteiger partial charge is 0.324 e. The molecule has 1 saturated carbocycles. The number of hydrogen-bond donors (Lipinski definition) is 1. The molecule has 3 heteroatoms. The Hall–Kier alpha value is -1.35. The van der Waals surface area contributed by atoms with Crippen LogP contribution in [0.5, 0.6) is 0 Å². The second-order valence-electron chi connectivity index (χ2n) is 4.57. The number of hydrogen-bond acceptors (Lipinski definition) is 2. The lowest BCUT2D eigenvalue weighted by Gasteiger charge is -2.13. The van der Waals surface area contributed by atoms with Crippen LogP contribution < -0.4 is 5.32 Å². The maximum atomic E-state index is 4.75. The summed E-state index contributed by atoms with van der Waals surface area (Å²) in [4.78, 5) is 4.75. The third kappa shape index (κ3) is 1.43. The van der Waals surface area contributed by atoms with E-state index >= 15 is 0 Å². The van der Waals surface area contributed by atoms with Crippen molar-refractivity contribution in [2.24, 2.45) is 0 Å². The third-order valence-electron chi connectivity index (χ3n) is 3.36. The zero-order valence-corrected chi connectivity index (χ0v) is 9.77. The van der Waals surface area contributed by atoms with Gasteiger partial charge in [0.25, 0.3) is 0 Å². The zero-order valence-electron chi connectivity index (χ0n) is 9.77. The van der Waals surface area contributed by atoms with Gasteiger partial charge in [0.05, 0.1) is 17.1 Å². The van der Waals surface area contributed by atoms with Crippen molar-refractivity contribution < 1.29 is 0 Å². The molecule has 1 N–H and O–H groups in total. The van der Waals surface area contributed by atoms with Crippen LogP contribution in [0.15, 0.2) is 24.3 Å². The SMILES string of the molecule is CNC(C)c1nc2ccccc2n1C1CC1. The summed E-state index contributed by atoms with van der Waals surface area (Å²) in [6.07, 6.45) is 2.59. The summed E-state index contributed by atoms with van der Waals surface area (Å²) in [7, 11) is 1.99. The molecule has 0 spiro atoms. The van der Waals surface area contributed by atoms with Crippen LogP contribution in [-0.4, -0.2) is 16.6 Å². The van der Waals surface area contributed by atoms with Crippen molar-refractivity contribution in [3.63, 3.8) is 0 Å². The Morgan fingerprint density at radius 2 is 2.12 bits per heavy atom. The smallest absolute Gasteiger partial charge is 0.127 e. The van der Waals surface area contributed by atoms with E-state index in [1.807, 2.05) is 7.05 Å². The molecule has 0 aliphatic heterocycles. The van der Waals surface area contributed by atoms with Crippen LogP contribution in [0, 0.1) is 0 Å². The van der Waals surface area contributed by atoms with E-state index in [1.165, 1.54) is 24.2 Å². The lowest BCUT2D eigenvalue weighted by Crippen LogP contribution is -2.17. The Labute approximate surface area is 95.5 Å². The van der Waals surface area contributed by atoms with E-state index in [4.69, 9.17) is 4.98 Å². The van der Waals surface area contributed by atoms with Crippen LogP contribution in [0.2, 0.25) is 0 Å². The molecule has 0 radical (unpaired) electrons. The number of benzene rings is 1. The van der Waals surface area contributed by atoms with Crippen LogP contribution >= 0.6 is 0 Å². The van der Waals surface area contributed by atoms with Gasteiger partial charge in [0.1, 0.15) is 5.82 Å². The molecular weight excluding hydrogens is 198 g/mol. The highest BCUT2D eigenvalue weighted by molar-refractivity contribution is 5.76. The van der Waals surface area contributed by atoms with Crippen molar-refractivity contribution >= 4 is 11.0 Å². The van der Waals surface area contributed by atoms with Gasteiger partial charge >= 0.3 is 0 Å². The molecule has 2 aromatic rings. The fraction of sp³-hybridized carbons (Fsp3) is 0.462. The van der Waals surface area contributed by atoms with Crippen molar-refractivity contribution in [3.8, 4) is 0 Å². The summed E-state index contributed by atoms with van der Waals surface area (Å²) >= 11 is 0. The number of rotatable bonds is 3. The fourth-order valence-corrected chi connectivity index (χ4v) is 2.21. The Kier molecular flexibility index (Phi) is 2.21. The average molecular weight is 215 g/mol. The molecule has 1 atom stereocenters. The first kappa shape index (κ1) is 9.85. The number of nitrogens with one attached hydrogen (secondary N) is 1. The normalized spacial score (nSPS) is 17.9. The predicted molar refractivity (Wildman–Crippen MR) is 65.5 cm³/mol. The van der Waals surface area contributed by atoms with E-state index in [1.54, 1.807) is 0 Å². The van der Waals surface area contributed by atoms with Gasteiger partial charge in [0, 0.05) is 6.04 Å². The molecule has 1 aliphatic carbocycles. The minimum Gasteiger partial charge on any atom is -0.324 e. The Morgan fingerprint density at radius 3 is 2.81 bits per heavy atom. The second-order valence-corrected chi connectivity index (χ2v) is 4.57. The number of para-hydroxylation sites is 2. The zero-order chi connectivity index (χ0) is 11.1. The second kappa shape index (κ2) is 3.59. The molecule has 1 aliphatic rings. The highest BCUT2D eigenvalue weighted by atomic mass is 15.2. The third-order valence-corrected chi connectivity index (χ3v) is 3.36. The fourth-order valence-electron chi connectivity index (χ4n) is 2.21. The molecule has 16 heavy (non-hydrogen) atoms. The highest BCUT2D eigenvalue weighted by Gasteiger charge is 2.29. The molecule has 1 aromatic heterocycles. The number of fused-ring (bicyclic) bond motifs is 1. The average Bonchev–Trinajstić information content (AvgIpc) is 3.08. The molecular formula is C13H17N3. The topological polar surface area (TPSA) is 29.9 Å². The van der Waals surface area contributed by atoms with Crippen LogP contribution in [-0.2, 0) is 0 Å². The van der Waals surface area contributed by atoms with Gasteiger partial charge in [-0.3, -0.25) is 0 Å². The number of aromatic nitrogens is 2. The maximum absolute atomic E-state index is 4.75. The summed E-state index contributed by atoms with van der Waals surface area (Å²) in [6.45, 7) is 2.17. The number of nitrogens with zero attached hydrogens (tertiary/aromatic N) is 2. The van der Waals surface area contributed by atoms with Crippen LogP contribution in [0.3, 0.4) is 0 Å². The first-order valence-corrected chi connectivity index (χ1v) is 5.95.